The van der Waals surface area contributed by atoms with Gasteiger partial charge >= 0.3 is 17.9 Å². The van der Waals surface area contributed by atoms with Crippen molar-refractivity contribution in [2.45, 2.75) is 12.7 Å². The van der Waals surface area contributed by atoms with Gasteiger partial charge < -0.3 is 10.6 Å². The highest BCUT2D eigenvalue weighted by Gasteiger charge is 2.30. The first-order chi connectivity index (χ1) is 14.1. The molecule has 0 aliphatic heterocycles. The van der Waals surface area contributed by atoms with Gasteiger partial charge in [-0.3, -0.25) is 4.57 Å². The van der Waals surface area contributed by atoms with Crippen molar-refractivity contribution in [3.63, 3.8) is 0 Å². The first-order valence-corrected chi connectivity index (χ1v) is 8.77. The Morgan fingerprint density at radius 3 is 2.50 bits per heavy atom. The molecule has 0 saturated heterocycles. The number of amides is 2. The summed E-state index contributed by atoms with van der Waals surface area (Å²) in [4.78, 5) is 24.2. The molecule has 0 radical (unpaired) electrons. The second kappa shape index (κ2) is 8.39. The highest BCUT2D eigenvalue weighted by atomic mass is 19.4. The Hall–Kier alpha value is -3.63. The molecule has 7 nitrogen and oxygen atoms in total. The molecule has 0 aliphatic carbocycles. The number of nitrogens with one attached hydrogen (secondary N) is 2. The maximum atomic E-state index is 12.9. The largest absolute Gasteiger partial charge is 0.416 e. The number of hydrogen-bond acceptors (Lipinski definition) is 3. The molecule has 0 aliphatic rings. The van der Waals surface area contributed by atoms with E-state index in [0.717, 1.165) is 21.4 Å². The summed E-state index contributed by atoms with van der Waals surface area (Å²) in [6.07, 6.45) is -4.51. The van der Waals surface area contributed by atoms with Gasteiger partial charge in [-0.25, -0.2) is 18.7 Å². The van der Waals surface area contributed by atoms with Crippen LogP contribution in [-0.4, -0.2) is 26.9 Å². The molecule has 30 heavy (non-hydrogen) atoms. The molecule has 2 aromatic carbocycles. The van der Waals surface area contributed by atoms with Crippen LogP contribution in [0.15, 0.2) is 53.3 Å². The van der Waals surface area contributed by atoms with E-state index >= 15 is 0 Å². The third kappa shape index (κ3) is 4.85. The molecule has 11 heteroatoms. The van der Waals surface area contributed by atoms with Crippen LogP contribution < -0.4 is 16.3 Å². The van der Waals surface area contributed by atoms with Crippen molar-refractivity contribution in [1.82, 2.24) is 19.7 Å². The Kier molecular flexibility index (Phi) is 5.90. The first kappa shape index (κ1) is 21.1. The van der Waals surface area contributed by atoms with E-state index in [1.54, 1.807) is 0 Å². The maximum Gasteiger partial charge on any atom is 0.416 e. The van der Waals surface area contributed by atoms with E-state index in [2.05, 4.69) is 15.7 Å². The van der Waals surface area contributed by atoms with Gasteiger partial charge in [-0.2, -0.15) is 13.2 Å². The quantitative estimate of drug-likeness (QED) is 0.619. The van der Waals surface area contributed by atoms with Crippen molar-refractivity contribution in [3.8, 4) is 11.4 Å². The Balaban J connectivity index is 1.66. The van der Waals surface area contributed by atoms with Crippen molar-refractivity contribution in [1.29, 1.82) is 0 Å². The summed E-state index contributed by atoms with van der Waals surface area (Å²) in [6.45, 7) is 0.0362. The standard InChI is InChI=1S/C19H17F4N5O2/c1-27-16(12-3-2-4-13(11-12)19(21,22)23)26-28(18(27)30)10-9-24-17(29)25-15-7-5-14(20)6-8-15/h2-8,11H,9-10H2,1H3,(H2,24,25,29). The zero-order chi connectivity index (χ0) is 21.9. The number of benzene rings is 2. The number of halogens is 4. The minimum absolute atomic E-state index is 0.00245. The molecular weight excluding hydrogens is 406 g/mol. The predicted octanol–water partition coefficient (Wildman–Crippen LogP) is 3.23. The van der Waals surface area contributed by atoms with Crippen LogP contribution in [0.5, 0.6) is 0 Å². The number of hydrogen-bond donors (Lipinski definition) is 2. The monoisotopic (exact) mass is 423 g/mol. The molecule has 3 aromatic rings. The summed E-state index contributed by atoms with van der Waals surface area (Å²) in [5.41, 5.74) is -0.856. The van der Waals surface area contributed by atoms with E-state index in [4.69, 9.17) is 0 Å². The summed E-state index contributed by atoms with van der Waals surface area (Å²) in [7, 11) is 1.40. The van der Waals surface area contributed by atoms with Gasteiger partial charge in [0.05, 0.1) is 12.1 Å². The normalized spacial score (nSPS) is 11.4. The van der Waals surface area contributed by atoms with E-state index in [1.165, 1.54) is 43.4 Å². The molecule has 158 valence electrons. The van der Waals surface area contributed by atoms with Gasteiger partial charge in [0.2, 0.25) is 0 Å². The zero-order valence-electron chi connectivity index (χ0n) is 15.7. The fraction of sp³-hybridized carbons (Fsp3) is 0.211. The Morgan fingerprint density at radius 2 is 1.83 bits per heavy atom. The number of carbonyl (C=O) groups is 1. The number of anilines is 1. The zero-order valence-corrected chi connectivity index (χ0v) is 15.7. The van der Waals surface area contributed by atoms with Gasteiger partial charge in [0.25, 0.3) is 0 Å². The SMILES string of the molecule is Cn1c(-c2cccc(C(F)(F)F)c2)nn(CCNC(=O)Nc2ccc(F)cc2)c1=O. The molecule has 0 fully saturated rings. The van der Waals surface area contributed by atoms with E-state index in [1.807, 2.05) is 0 Å². The molecule has 1 heterocycles. The average molecular weight is 423 g/mol. The summed E-state index contributed by atoms with van der Waals surface area (Å²) < 4.78 is 53.8. The molecule has 0 unspecified atom stereocenters. The molecule has 0 bridgehead atoms. The van der Waals surface area contributed by atoms with Crippen LogP contribution in [0.1, 0.15) is 5.56 Å². The molecule has 0 atom stereocenters. The van der Waals surface area contributed by atoms with Crippen molar-refractivity contribution >= 4 is 11.7 Å². The lowest BCUT2D eigenvalue weighted by Gasteiger charge is -2.08. The summed E-state index contributed by atoms with van der Waals surface area (Å²) in [5.74, 6) is -0.367. The number of alkyl halides is 3. The van der Waals surface area contributed by atoms with E-state index in [-0.39, 0.29) is 24.5 Å². The minimum atomic E-state index is -4.51. The molecule has 3 rings (SSSR count). The van der Waals surface area contributed by atoms with E-state index < -0.39 is 29.3 Å². The molecule has 1 aromatic heterocycles. The van der Waals surface area contributed by atoms with Gasteiger partial charge in [-0.05, 0) is 36.4 Å². The summed E-state index contributed by atoms with van der Waals surface area (Å²) in [5, 5.41) is 9.09. The third-order valence-electron chi connectivity index (χ3n) is 4.20. The molecule has 2 amide bonds. The van der Waals surface area contributed by atoms with Gasteiger partial charge in [-0.15, -0.1) is 5.10 Å². The van der Waals surface area contributed by atoms with Gasteiger partial charge in [0.1, 0.15) is 5.82 Å². The number of urea groups is 1. The lowest BCUT2D eigenvalue weighted by molar-refractivity contribution is -0.137. The maximum absolute atomic E-state index is 12.9. The minimum Gasteiger partial charge on any atom is -0.336 e. The van der Waals surface area contributed by atoms with Crippen LogP contribution in [0.25, 0.3) is 11.4 Å². The van der Waals surface area contributed by atoms with Crippen molar-refractivity contribution < 1.29 is 22.4 Å². The lowest BCUT2D eigenvalue weighted by atomic mass is 10.1. The van der Waals surface area contributed by atoms with Crippen molar-refractivity contribution in [3.05, 3.63) is 70.4 Å². The van der Waals surface area contributed by atoms with Gasteiger partial charge in [-0.1, -0.05) is 12.1 Å². The van der Waals surface area contributed by atoms with E-state index in [0.29, 0.717) is 5.69 Å². The Bertz CT molecular complexity index is 1100. The van der Waals surface area contributed by atoms with Crippen molar-refractivity contribution in [2.24, 2.45) is 7.05 Å². The van der Waals surface area contributed by atoms with Crippen LogP contribution >= 0.6 is 0 Å². The van der Waals surface area contributed by atoms with Crippen LogP contribution in [-0.2, 0) is 19.8 Å². The average Bonchev–Trinajstić information content (AvgIpc) is 2.98. The van der Waals surface area contributed by atoms with Gasteiger partial charge in [0, 0.05) is 24.8 Å². The number of carbonyl (C=O) groups excluding carboxylic acids is 1. The Morgan fingerprint density at radius 1 is 1.13 bits per heavy atom. The molecular formula is C19H17F4N5O2. The lowest BCUT2D eigenvalue weighted by Crippen LogP contribution is -2.34. The highest BCUT2D eigenvalue weighted by molar-refractivity contribution is 5.89. The number of nitrogens with zero attached hydrogens (tertiary/aromatic N) is 3. The highest BCUT2D eigenvalue weighted by Crippen LogP contribution is 2.31. The number of aromatic nitrogens is 3. The first-order valence-electron chi connectivity index (χ1n) is 8.77. The smallest absolute Gasteiger partial charge is 0.336 e. The molecule has 0 saturated carbocycles. The van der Waals surface area contributed by atoms with E-state index in [9.17, 15) is 27.2 Å². The van der Waals surface area contributed by atoms with Gasteiger partial charge in [0.15, 0.2) is 5.82 Å². The predicted molar refractivity (Wildman–Crippen MR) is 101 cm³/mol. The van der Waals surface area contributed by atoms with Crippen LogP contribution in [0.4, 0.5) is 28.0 Å². The molecule has 0 spiro atoms. The Labute approximate surface area is 167 Å². The summed E-state index contributed by atoms with van der Waals surface area (Å²) >= 11 is 0. The van der Waals surface area contributed by atoms with Crippen LogP contribution in [0, 0.1) is 5.82 Å². The second-order valence-electron chi connectivity index (χ2n) is 6.35. The summed E-state index contributed by atoms with van der Waals surface area (Å²) in [6, 6.07) is 9.11. The molecule has 2 N–H and O–H groups in total. The van der Waals surface area contributed by atoms with Crippen molar-refractivity contribution in [2.75, 3.05) is 11.9 Å². The fourth-order valence-corrected chi connectivity index (χ4v) is 2.70. The van der Waals surface area contributed by atoms with Crippen LogP contribution in [0.3, 0.4) is 0 Å². The third-order valence-corrected chi connectivity index (χ3v) is 4.20. The second-order valence-corrected chi connectivity index (χ2v) is 6.35. The van der Waals surface area contributed by atoms with Crippen LogP contribution in [0.2, 0.25) is 0 Å². The number of rotatable bonds is 5. The fourth-order valence-electron chi connectivity index (χ4n) is 2.70. The topological polar surface area (TPSA) is 81.0 Å².